The zero-order valence-corrected chi connectivity index (χ0v) is 7.27. The summed E-state index contributed by atoms with van der Waals surface area (Å²) in [6.45, 7) is 4.88. The van der Waals surface area contributed by atoms with Gasteiger partial charge in [-0.1, -0.05) is 12.1 Å². The van der Waals surface area contributed by atoms with Gasteiger partial charge >= 0.3 is 0 Å². The van der Waals surface area contributed by atoms with Crippen LogP contribution < -0.4 is 5.32 Å². The Hall–Kier alpha value is -0.830. The van der Waals surface area contributed by atoms with Gasteiger partial charge in [0.05, 0.1) is 12.2 Å². The minimum absolute atomic E-state index is 0.763. The minimum atomic E-state index is 0.763. The van der Waals surface area contributed by atoms with Gasteiger partial charge in [-0.15, -0.1) is 0 Å². The van der Waals surface area contributed by atoms with E-state index in [9.17, 15) is 0 Å². The van der Waals surface area contributed by atoms with Crippen molar-refractivity contribution in [1.82, 2.24) is 10.5 Å². The monoisotopic (exact) mass is 154 g/mol. The van der Waals surface area contributed by atoms with E-state index in [1.165, 1.54) is 5.56 Å². The number of hydrogen-bond acceptors (Lipinski definition) is 3. The van der Waals surface area contributed by atoms with E-state index >= 15 is 0 Å². The standard InChI is InChI=1S/C8H14N2O/c1-4-7-6(2)8(5-9-3)11-10-7/h9H,4-5H2,1-3H3. The van der Waals surface area contributed by atoms with Crippen molar-refractivity contribution in [1.29, 1.82) is 0 Å². The molecule has 0 radical (unpaired) electrons. The molecule has 0 atom stereocenters. The highest BCUT2D eigenvalue weighted by Crippen LogP contribution is 2.12. The molecule has 0 unspecified atom stereocenters. The maximum Gasteiger partial charge on any atom is 0.153 e. The summed E-state index contributed by atoms with van der Waals surface area (Å²) in [5.74, 6) is 0.948. The zero-order chi connectivity index (χ0) is 8.27. The number of aryl methyl sites for hydroxylation is 1. The highest BCUT2D eigenvalue weighted by Gasteiger charge is 2.07. The van der Waals surface area contributed by atoms with Gasteiger partial charge in [0, 0.05) is 5.56 Å². The smallest absolute Gasteiger partial charge is 0.153 e. The first-order chi connectivity index (χ1) is 5.29. The van der Waals surface area contributed by atoms with Gasteiger partial charge in [-0.3, -0.25) is 0 Å². The summed E-state index contributed by atoms with van der Waals surface area (Å²) >= 11 is 0. The van der Waals surface area contributed by atoms with Crippen LogP contribution in [0.2, 0.25) is 0 Å². The molecule has 3 nitrogen and oxygen atoms in total. The Bertz CT molecular complexity index is 230. The van der Waals surface area contributed by atoms with Crippen molar-refractivity contribution in [2.75, 3.05) is 7.05 Å². The first-order valence-corrected chi connectivity index (χ1v) is 3.88. The fourth-order valence-electron chi connectivity index (χ4n) is 1.06. The van der Waals surface area contributed by atoms with E-state index in [4.69, 9.17) is 4.52 Å². The van der Waals surface area contributed by atoms with Gasteiger partial charge in [-0.2, -0.15) is 0 Å². The van der Waals surface area contributed by atoms with Crippen LogP contribution in [0.25, 0.3) is 0 Å². The molecule has 1 rings (SSSR count). The molecule has 62 valence electrons. The summed E-state index contributed by atoms with van der Waals surface area (Å²) in [6, 6.07) is 0. The van der Waals surface area contributed by atoms with Crippen LogP contribution in [0.5, 0.6) is 0 Å². The van der Waals surface area contributed by atoms with Crippen LogP contribution in [-0.2, 0) is 13.0 Å². The average molecular weight is 154 g/mol. The fraction of sp³-hybridized carbons (Fsp3) is 0.625. The van der Waals surface area contributed by atoms with Gasteiger partial charge < -0.3 is 9.84 Å². The molecular formula is C8H14N2O. The molecule has 0 aliphatic carbocycles. The molecule has 1 heterocycles. The highest BCUT2D eigenvalue weighted by molar-refractivity contribution is 5.20. The predicted molar refractivity (Wildman–Crippen MR) is 43.4 cm³/mol. The Kier molecular flexibility index (Phi) is 2.65. The Morgan fingerprint density at radius 1 is 1.55 bits per heavy atom. The zero-order valence-electron chi connectivity index (χ0n) is 7.27. The van der Waals surface area contributed by atoms with Gasteiger partial charge in [0.25, 0.3) is 0 Å². The van der Waals surface area contributed by atoms with Crippen LogP contribution in [0.4, 0.5) is 0 Å². The van der Waals surface area contributed by atoms with E-state index in [0.717, 1.165) is 24.4 Å². The predicted octanol–water partition coefficient (Wildman–Crippen LogP) is 1.26. The maximum absolute atomic E-state index is 5.11. The van der Waals surface area contributed by atoms with Gasteiger partial charge in [0.2, 0.25) is 0 Å². The number of hydrogen-bond donors (Lipinski definition) is 1. The molecule has 0 spiro atoms. The Labute approximate surface area is 66.8 Å². The van der Waals surface area contributed by atoms with E-state index in [1.54, 1.807) is 0 Å². The van der Waals surface area contributed by atoms with Crippen LogP contribution in [0.3, 0.4) is 0 Å². The van der Waals surface area contributed by atoms with Crippen LogP contribution in [0.15, 0.2) is 4.52 Å². The highest BCUT2D eigenvalue weighted by atomic mass is 16.5. The maximum atomic E-state index is 5.11. The van der Waals surface area contributed by atoms with Gasteiger partial charge in [-0.05, 0) is 20.4 Å². The Morgan fingerprint density at radius 2 is 2.27 bits per heavy atom. The molecule has 0 aromatic carbocycles. The molecule has 0 aliphatic rings. The second-order valence-corrected chi connectivity index (χ2v) is 2.56. The lowest BCUT2D eigenvalue weighted by atomic mass is 10.2. The summed E-state index contributed by atoms with van der Waals surface area (Å²) in [6.07, 6.45) is 0.943. The fourth-order valence-corrected chi connectivity index (χ4v) is 1.06. The molecule has 0 amide bonds. The second kappa shape index (κ2) is 3.53. The van der Waals surface area contributed by atoms with E-state index in [0.29, 0.717) is 0 Å². The molecule has 1 aromatic rings. The number of rotatable bonds is 3. The first-order valence-electron chi connectivity index (χ1n) is 3.88. The molecule has 0 fully saturated rings. The Balaban J connectivity index is 2.82. The lowest BCUT2D eigenvalue weighted by Crippen LogP contribution is -2.05. The topological polar surface area (TPSA) is 38.1 Å². The largest absolute Gasteiger partial charge is 0.359 e. The van der Waals surface area contributed by atoms with Gasteiger partial charge in [0.15, 0.2) is 5.76 Å². The van der Waals surface area contributed by atoms with Crippen molar-refractivity contribution < 1.29 is 4.52 Å². The van der Waals surface area contributed by atoms with E-state index in [2.05, 4.69) is 17.4 Å². The molecule has 0 aliphatic heterocycles. The number of nitrogens with one attached hydrogen (secondary N) is 1. The Morgan fingerprint density at radius 3 is 2.73 bits per heavy atom. The second-order valence-electron chi connectivity index (χ2n) is 2.56. The van der Waals surface area contributed by atoms with Crippen LogP contribution >= 0.6 is 0 Å². The normalized spacial score (nSPS) is 10.5. The number of nitrogens with zero attached hydrogens (tertiary/aromatic N) is 1. The summed E-state index contributed by atoms with van der Waals surface area (Å²) in [5.41, 5.74) is 2.25. The molecule has 1 N–H and O–H groups in total. The van der Waals surface area contributed by atoms with Crippen molar-refractivity contribution in [3.05, 3.63) is 17.0 Å². The lowest BCUT2D eigenvalue weighted by Gasteiger charge is -1.93. The van der Waals surface area contributed by atoms with Crippen molar-refractivity contribution >= 4 is 0 Å². The SMILES string of the molecule is CCc1noc(CNC)c1C. The quantitative estimate of drug-likeness (QED) is 0.712. The summed E-state index contributed by atoms with van der Waals surface area (Å²) in [7, 11) is 1.90. The molecule has 3 heteroatoms. The lowest BCUT2D eigenvalue weighted by molar-refractivity contribution is 0.371. The first kappa shape index (κ1) is 8.27. The molecular weight excluding hydrogens is 140 g/mol. The van der Waals surface area contributed by atoms with Crippen molar-refractivity contribution in [3.63, 3.8) is 0 Å². The van der Waals surface area contributed by atoms with Crippen molar-refractivity contribution in [2.24, 2.45) is 0 Å². The van der Waals surface area contributed by atoms with Crippen LogP contribution in [-0.4, -0.2) is 12.2 Å². The van der Waals surface area contributed by atoms with Gasteiger partial charge in [-0.25, -0.2) is 0 Å². The van der Waals surface area contributed by atoms with Crippen molar-refractivity contribution in [2.45, 2.75) is 26.8 Å². The minimum Gasteiger partial charge on any atom is -0.359 e. The third-order valence-corrected chi connectivity index (χ3v) is 1.79. The molecule has 0 saturated carbocycles. The molecule has 11 heavy (non-hydrogen) atoms. The van der Waals surface area contributed by atoms with Crippen molar-refractivity contribution in [3.8, 4) is 0 Å². The summed E-state index contributed by atoms with van der Waals surface area (Å²) < 4.78 is 5.11. The van der Waals surface area contributed by atoms with Crippen LogP contribution in [0, 0.1) is 6.92 Å². The summed E-state index contributed by atoms with van der Waals surface area (Å²) in [5, 5.41) is 6.97. The van der Waals surface area contributed by atoms with Gasteiger partial charge in [0.1, 0.15) is 0 Å². The van der Waals surface area contributed by atoms with Crippen LogP contribution in [0.1, 0.15) is 23.9 Å². The third kappa shape index (κ3) is 1.60. The number of aromatic nitrogens is 1. The molecule has 0 bridgehead atoms. The van der Waals surface area contributed by atoms with E-state index in [1.807, 2.05) is 14.0 Å². The molecule has 1 aromatic heterocycles. The average Bonchev–Trinajstić information content (AvgIpc) is 2.34. The third-order valence-electron chi connectivity index (χ3n) is 1.79. The van der Waals surface area contributed by atoms with E-state index < -0.39 is 0 Å². The molecule has 0 saturated heterocycles. The summed E-state index contributed by atoms with van der Waals surface area (Å²) in [4.78, 5) is 0. The van der Waals surface area contributed by atoms with E-state index in [-0.39, 0.29) is 0 Å².